The van der Waals surface area contributed by atoms with Crippen LogP contribution in [0.1, 0.15) is 50.5 Å². The van der Waals surface area contributed by atoms with Gasteiger partial charge in [0.1, 0.15) is 0 Å². The maximum atomic E-state index is 12.9. The lowest BCUT2D eigenvalue weighted by atomic mass is 9.83. The Kier molecular flexibility index (Phi) is 7.82. The molecule has 5 rings (SSSR count). The van der Waals surface area contributed by atoms with Crippen molar-refractivity contribution < 1.29 is 9.59 Å². The highest BCUT2D eigenvalue weighted by Gasteiger charge is 2.34. The molecule has 1 N–H and O–H groups in total. The number of piperidine rings is 3. The van der Waals surface area contributed by atoms with Crippen molar-refractivity contribution >= 4 is 11.8 Å². The van der Waals surface area contributed by atoms with Crippen molar-refractivity contribution in [2.45, 2.75) is 57.4 Å². The third-order valence-electron chi connectivity index (χ3n) is 8.40. The number of likely N-dealkylation sites (tertiary alicyclic amines) is 1. The zero-order valence-corrected chi connectivity index (χ0v) is 20.8. The van der Waals surface area contributed by atoms with Gasteiger partial charge < -0.3 is 15.1 Å². The van der Waals surface area contributed by atoms with Crippen LogP contribution >= 0.6 is 0 Å². The summed E-state index contributed by atoms with van der Waals surface area (Å²) < 4.78 is 0. The lowest BCUT2D eigenvalue weighted by Crippen LogP contribution is -2.51. The molecule has 2 aromatic carbocycles. The summed E-state index contributed by atoms with van der Waals surface area (Å²) in [5.74, 6) is 0.996. The van der Waals surface area contributed by atoms with Gasteiger partial charge in [-0.2, -0.15) is 0 Å². The quantitative estimate of drug-likeness (QED) is 0.671. The molecule has 0 aromatic heterocycles. The predicted molar refractivity (Wildman–Crippen MR) is 140 cm³/mol. The van der Waals surface area contributed by atoms with E-state index in [0.717, 1.165) is 30.5 Å². The van der Waals surface area contributed by atoms with Crippen LogP contribution in [0.25, 0.3) is 11.1 Å². The minimum Gasteiger partial charge on any atom is -0.356 e. The van der Waals surface area contributed by atoms with Crippen LogP contribution in [0.15, 0.2) is 54.6 Å². The first-order valence-electron chi connectivity index (χ1n) is 13.6. The van der Waals surface area contributed by atoms with E-state index in [4.69, 9.17) is 0 Å². The standard InChI is InChI=1S/C30H39N3O2/c34-29(21-23-11-13-25(14-12-23)24-7-2-1-3-8-24)33-19-15-26(16-20-33)30(35)31-22-27-9-6-18-32-17-5-4-10-28(27)32/h1-3,7-8,11-14,26-28H,4-6,9-10,15-22H2,(H,31,35)/t27-,28-/m1/s1. The Bertz CT molecular complexity index is 980. The van der Waals surface area contributed by atoms with E-state index in [1.165, 1.54) is 50.8 Å². The molecule has 0 saturated carbocycles. The smallest absolute Gasteiger partial charge is 0.226 e. The molecule has 3 aliphatic heterocycles. The lowest BCUT2D eigenvalue weighted by Gasteiger charge is -2.44. The lowest BCUT2D eigenvalue weighted by molar-refractivity contribution is -0.135. The number of fused-ring (bicyclic) bond motifs is 1. The van der Waals surface area contributed by atoms with E-state index in [1.54, 1.807) is 0 Å². The van der Waals surface area contributed by atoms with Gasteiger partial charge in [0.25, 0.3) is 0 Å². The molecule has 0 bridgehead atoms. The number of hydrogen-bond acceptors (Lipinski definition) is 3. The Labute approximate surface area is 209 Å². The van der Waals surface area contributed by atoms with E-state index >= 15 is 0 Å². The van der Waals surface area contributed by atoms with Crippen LogP contribution in [0.2, 0.25) is 0 Å². The summed E-state index contributed by atoms with van der Waals surface area (Å²) in [5.41, 5.74) is 3.39. The number of nitrogens with zero attached hydrogens (tertiary/aromatic N) is 2. The van der Waals surface area contributed by atoms with Gasteiger partial charge in [-0.05, 0) is 74.2 Å². The van der Waals surface area contributed by atoms with Gasteiger partial charge in [-0.1, -0.05) is 61.0 Å². The van der Waals surface area contributed by atoms with E-state index < -0.39 is 0 Å². The van der Waals surface area contributed by atoms with Gasteiger partial charge in [-0.3, -0.25) is 9.59 Å². The van der Waals surface area contributed by atoms with Gasteiger partial charge in [0.05, 0.1) is 6.42 Å². The average Bonchev–Trinajstić information content (AvgIpc) is 2.92. The number of benzene rings is 2. The van der Waals surface area contributed by atoms with E-state index in [1.807, 2.05) is 23.1 Å². The second-order valence-electron chi connectivity index (χ2n) is 10.6. The fraction of sp³-hybridized carbons (Fsp3) is 0.533. The Hall–Kier alpha value is -2.66. The van der Waals surface area contributed by atoms with E-state index in [2.05, 4.69) is 46.6 Å². The van der Waals surface area contributed by atoms with Gasteiger partial charge >= 0.3 is 0 Å². The van der Waals surface area contributed by atoms with Crippen LogP contribution in [0.3, 0.4) is 0 Å². The summed E-state index contributed by atoms with van der Waals surface area (Å²) in [6, 6.07) is 19.2. The molecule has 0 radical (unpaired) electrons. The summed E-state index contributed by atoms with van der Waals surface area (Å²) in [6.07, 6.45) is 8.39. The van der Waals surface area contributed by atoms with E-state index in [-0.39, 0.29) is 17.7 Å². The number of hydrogen-bond donors (Lipinski definition) is 1. The molecule has 0 spiro atoms. The zero-order valence-electron chi connectivity index (χ0n) is 20.8. The maximum absolute atomic E-state index is 12.9. The highest BCUT2D eigenvalue weighted by Crippen LogP contribution is 2.30. The van der Waals surface area contributed by atoms with Crippen molar-refractivity contribution in [3.05, 3.63) is 60.2 Å². The largest absolute Gasteiger partial charge is 0.356 e. The Morgan fingerprint density at radius 2 is 1.49 bits per heavy atom. The summed E-state index contributed by atoms with van der Waals surface area (Å²) in [7, 11) is 0. The SMILES string of the molecule is O=C(NC[C@H]1CCCN2CCCC[C@H]12)C1CCN(C(=O)Cc2ccc(-c3ccccc3)cc2)CC1. The summed E-state index contributed by atoms with van der Waals surface area (Å²) in [6.45, 7) is 4.65. The Morgan fingerprint density at radius 1 is 0.771 bits per heavy atom. The van der Waals surface area contributed by atoms with Crippen LogP contribution in [0.5, 0.6) is 0 Å². The molecule has 35 heavy (non-hydrogen) atoms. The van der Waals surface area contributed by atoms with E-state index in [0.29, 0.717) is 31.5 Å². The molecule has 2 amide bonds. The second kappa shape index (κ2) is 11.4. The van der Waals surface area contributed by atoms with Gasteiger partial charge in [0, 0.05) is 31.6 Å². The minimum absolute atomic E-state index is 0.0373. The average molecular weight is 474 g/mol. The van der Waals surface area contributed by atoms with Crippen LogP contribution in [0.4, 0.5) is 0 Å². The fourth-order valence-corrected chi connectivity index (χ4v) is 6.31. The number of nitrogens with one attached hydrogen (secondary N) is 1. The summed E-state index contributed by atoms with van der Waals surface area (Å²) in [4.78, 5) is 30.4. The van der Waals surface area contributed by atoms with Crippen molar-refractivity contribution in [1.82, 2.24) is 15.1 Å². The maximum Gasteiger partial charge on any atom is 0.226 e. The molecule has 2 aromatic rings. The normalized spacial score (nSPS) is 23.5. The fourth-order valence-electron chi connectivity index (χ4n) is 6.31. The molecule has 186 valence electrons. The molecule has 3 saturated heterocycles. The first-order valence-corrected chi connectivity index (χ1v) is 13.6. The third-order valence-corrected chi connectivity index (χ3v) is 8.40. The highest BCUT2D eigenvalue weighted by molar-refractivity contribution is 5.81. The van der Waals surface area contributed by atoms with Crippen LogP contribution in [0, 0.1) is 11.8 Å². The number of amides is 2. The number of carbonyl (C=O) groups is 2. The predicted octanol–water partition coefficient (Wildman–Crippen LogP) is 4.52. The Balaban J connectivity index is 1.06. The monoisotopic (exact) mass is 473 g/mol. The van der Waals surface area contributed by atoms with Crippen LogP contribution < -0.4 is 5.32 Å². The molecular formula is C30H39N3O2. The topological polar surface area (TPSA) is 52.7 Å². The van der Waals surface area contributed by atoms with Crippen molar-refractivity contribution in [2.24, 2.45) is 11.8 Å². The second-order valence-corrected chi connectivity index (χ2v) is 10.6. The molecule has 5 heteroatoms. The molecule has 2 atom stereocenters. The van der Waals surface area contributed by atoms with Crippen LogP contribution in [-0.2, 0) is 16.0 Å². The zero-order chi connectivity index (χ0) is 24.0. The van der Waals surface area contributed by atoms with Crippen molar-refractivity contribution in [3.63, 3.8) is 0 Å². The van der Waals surface area contributed by atoms with Crippen LogP contribution in [-0.4, -0.2) is 60.4 Å². The molecule has 3 aliphatic rings. The van der Waals surface area contributed by atoms with Crippen molar-refractivity contribution in [3.8, 4) is 11.1 Å². The third kappa shape index (κ3) is 5.95. The highest BCUT2D eigenvalue weighted by atomic mass is 16.2. The van der Waals surface area contributed by atoms with Gasteiger partial charge in [-0.15, -0.1) is 0 Å². The first kappa shape index (κ1) is 24.1. The van der Waals surface area contributed by atoms with Crippen molar-refractivity contribution in [1.29, 1.82) is 0 Å². The molecule has 3 fully saturated rings. The van der Waals surface area contributed by atoms with Gasteiger partial charge in [-0.25, -0.2) is 0 Å². The van der Waals surface area contributed by atoms with Gasteiger partial charge in [0.2, 0.25) is 11.8 Å². The molecule has 5 nitrogen and oxygen atoms in total. The molecule has 0 unspecified atom stereocenters. The summed E-state index contributed by atoms with van der Waals surface area (Å²) in [5, 5.41) is 3.29. The molecule has 3 heterocycles. The van der Waals surface area contributed by atoms with Gasteiger partial charge in [0.15, 0.2) is 0 Å². The minimum atomic E-state index is 0.0373. The number of rotatable bonds is 6. The number of carbonyl (C=O) groups excluding carboxylic acids is 2. The first-order chi connectivity index (χ1) is 17.2. The summed E-state index contributed by atoms with van der Waals surface area (Å²) >= 11 is 0. The van der Waals surface area contributed by atoms with Crippen molar-refractivity contribution in [2.75, 3.05) is 32.7 Å². The van der Waals surface area contributed by atoms with E-state index in [9.17, 15) is 9.59 Å². The Morgan fingerprint density at radius 3 is 2.26 bits per heavy atom. The molecular weight excluding hydrogens is 434 g/mol. The molecule has 0 aliphatic carbocycles.